The maximum Gasteiger partial charge on any atom is 0.250 e. The number of hydrogen-bond acceptors (Lipinski definition) is 3. The van der Waals surface area contributed by atoms with Crippen LogP contribution in [0.2, 0.25) is 18.1 Å². The summed E-state index contributed by atoms with van der Waals surface area (Å²) in [4.78, 5) is 13.5. The lowest BCUT2D eigenvalue weighted by molar-refractivity contribution is -0.125. The van der Waals surface area contributed by atoms with Crippen LogP contribution < -0.4 is 9.74 Å². The predicted molar refractivity (Wildman–Crippen MR) is 130 cm³/mol. The molecule has 2 fully saturated rings. The van der Waals surface area contributed by atoms with E-state index in [1.807, 2.05) is 0 Å². The summed E-state index contributed by atoms with van der Waals surface area (Å²) in [5.41, 5.74) is 1.05. The highest BCUT2D eigenvalue weighted by Crippen LogP contribution is 2.38. The Labute approximate surface area is 185 Å². The van der Waals surface area contributed by atoms with Gasteiger partial charge in [0.1, 0.15) is 5.75 Å². The molecule has 4 heteroatoms. The second kappa shape index (κ2) is 9.89. The fraction of sp³-hybridized carbons (Fsp3) is 0.731. The molecule has 3 nitrogen and oxygen atoms in total. The molecule has 0 amide bonds. The van der Waals surface area contributed by atoms with Gasteiger partial charge >= 0.3 is 0 Å². The van der Waals surface area contributed by atoms with Crippen LogP contribution in [-0.4, -0.2) is 20.1 Å². The van der Waals surface area contributed by atoms with Gasteiger partial charge in [0, 0.05) is 11.6 Å². The summed E-state index contributed by atoms with van der Waals surface area (Å²) in [7, 11) is -1.84. The Bertz CT molecular complexity index is 680. The summed E-state index contributed by atoms with van der Waals surface area (Å²) in [6.45, 7) is 11.4. The first-order valence-corrected chi connectivity index (χ1v) is 15.2. The first-order valence-electron chi connectivity index (χ1n) is 12.3. The van der Waals surface area contributed by atoms with Crippen LogP contribution in [0.25, 0.3) is 0 Å². The fourth-order valence-corrected chi connectivity index (χ4v) is 5.81. The topological polar surface area (TPSA) is 38.3 Å². The Morgan fingerprint density at radius 3 is 2.00 bits per heavy atom. The van der Waals surface area contributed by atoms with Crippen LogP contribution in [0.3, 0.4) is 0 Å². The van der Waals surface area contributed by atoms with Gasteiger partial charge in [-0.15, -0.1) is 0 Å². The lowest BCUT2D eigenvalue weighted by Crippen LogP contribution is -2.43. The molecular formula is C26H43NO2Si. The minimum atomic E-state index is -1.84. The Kier molecular flexibility index (Phi) is 7.70. The van der Waals surface area contributed by atoms with Crippen LogP contribution in [-0.2, 0) is 4.79 Å². The number of benzene rings is 1. The van der Waals surface area contributed by atoms with E-state index < -0.39 is 8.32 Å². The number of hydrogen-bond donors (Lipinski definition) is 1. The lowest BCUT2D eigenvalue weighted by atomic mass is 9.76. The molecule has 30 heavy (non-hydrogen) atoms. The monoisotopic (exact) mass is 429 g/mol. The summed E-state index contributed by atoms with van der Waals surface area (Å²) >= 11 is 0. The summed E-state index contributed by atoms with van der Waals surface area (Å²) < 4.78 is 6.43. The van der Waals surface area contributed by atoms with E-state index in [-0.39, 0.29) is 17.0 Å². The summed E-state index contributed by atoms with van der Waals surface area (Å²) in [5.74, 6) is 2.17. The molecule has 0 radical (unpaired) electrons. The van der Waals surface area contributed by atoms with Gasteiger partial charge in [-0.3, -0.25) is 4.79 Å². The molecule has 2 aliphatic rings. The number of carbonyl (C=O) groups excluding carboxylic acids is 1. The quantitative estimate of drug-likeness (QED) is 0.454. The number of ketones is 1. The molecule has 0 aliphatic heterocycles. The van der Waals surface area contributed by atoms with Crippen molar-refractivity contribution < 1.29 is 9.22 Å². The maximum absolute atomic E-state index is 13.5. The largest absolute Gasteiger partial charge is 0.544 e. The minimum absolute atomic E-state index is 0.0273. The number of nitrogens with one attached hydrogen (secondary N) is 1. The van der Waals surface area contributed by atoms with Crippen molar-refractivity contribution in [3.05, 3.63) is 24.3 Å². The molecule has 0 spiro atoms. The molecule has 0 heterocycles. The fourth-order valence-electron chi connectivity index (χ4n) is 4.78. The Morgan fingerprint density at radius 2 is 1.47 bits per heavy atom. The van der Waals surface area contributed by atoms with Gasteiger partial charge in [0.2, 0.25) is 8.32 Å². The van der Waals surface area contributed by atoms with Crippen molar-refractivity contribution in [3.8, 4) is 5.75 Å². The maximum atomic E-state index is 13.5. The Hall–Kier alpha value is -1.29. The highest BCUT2D eigenvalue weighted by molar-refractivity contribution is 6.74. The van der Waals surface area contributed by atoms with Crippen molar-refractivity contribution in [2.24, 2.45) is 11.8 Å². The van der Waals surface area contributed by atoms with E-state index in [9.17, 15) is 4.79 Å². The first-order chi connectivity index (χ1) is 14.2. The van der Waals surface area contributed by atoms with E-state index in [4.69, 9.17) is 4.43 Å². The number of anilines is 1. The summed E-state index contributed by atoms with van der Waals surface area (Å²) in [6, 6.07) is 8.33. The zero-order chi connectivity index (χ0) is 21.8. The van der Waals surface area contributed by atoms with Gasteiger partial charge in [0.15, 0.2) is 5.78 Å². The molecule has 1 aromatic rings. The third-order valence-electron chi connectivity index (χ3n) is 7.79. The third-order valence-corrected chi connectivity index (χ3v) is 12.1. The molecule has 0 unspecified atom stereocenters. The SMILES string of the molecule is CC(C)(C)[Si](C)(C)Oc1ccc(N[C@@H](C(=O)C2CCCCC2)C2CCCCC2)cc1. The van der Waals surface area contributed by atoms with Crippen molar-refractivity contribution in [2.75, 3.05) is 5.32 Å². The van der Waals surface area contributed by atoms with Crippen LogP contribution >= 0.6 is 0 Å². The van der Waals surface area contributed by atoms with Crippen molar-refractivity contribution in [1.82, 2.24) is 0 Å². The van der Waals surface area contributed by atoms with Crippen molar-refractivity contribution in [3.63, 3.8) is 0 Å². The minimum Gasteiger partial charge on any atom is -0.544 e. The summed E-state index contributed by atoms with van der Waals surface area (Å²) in [5, 5.41) is 3.86. The molecule has 168 valence electrons. The van der Waals surface area contributed by atoms with E-state index in [1.54, 1.807) is 0 Å². The smallest absolute Gasteiger partial charge is 0.250 e. The molecule has 0 aromatic heterocycles. The van der Waals surface area contributed by atoms with Gasteiger partial charge in [0.05, 0.1) is 6.04 Å². The molecule has 3 rings (SSSR count). The lowest BCUT2D eigenvalue weighted by Gasteiger charge is -2.36. The Morgan fingerprint density at radius 1 is 0.933 bits per heavy atom. The van der Waals surface area contributed by atoms with E-state index in [1.165, 1.54) is 51.4 Å². The first kappa shape index (κ1) is 23.4. The molecule has 1 aromatic carbocycles. The second-order valence-electron chi connectivity index (χ2n) is 11.1. The van der Waals surface area contributed by atoms with Gasteiger partial charge in [-0.25, -0.2) is 0 Å². The molecule has 1 atom stereocenters. The zero-order valence-electron chi connectivity index (χ0n) is 19.9. The van der Waals surface area contributed by atoms with Gasteiger partial charge in [-0.2, -0.15) is 0 Å². The molecule has 2 aliphatic carbocycles. The van der Waals surface area contributed by atoms with E-state index in [2.05, 4.69) is 63.4 Å². The molecular weight excluding hydrogens is 386 g/mol. The Balaban J connectivity index is 1.71. The van der Waals surface area contributed by atoms with E-state index in [0.29, 0.717) is 11.7 Å². The number of rotatable bonds is 7. The van der Waals surface area contributed by atoms with Crippen LogP contribution in [0.15, 0.2) is 24.3 Å². The van der Waals surface area contributed by atoms with Crippen molar-refractivity contribution in [1.29, 1.82) is 0 Å². The van der Waals surface area contributed by atoms with Crippen molar-refractivity contribution >= 4 is 19.8 Å². The number of carbonyl (C=O) groups is 1. The van der Waals surface area contributed by atoms with Crippen LogP contribution in [0, 0.1) is 11.8 Å². The van der Waals surface area contributed by atoms with E-state index >= 15 is 0 Å². The van der Waals surface area contributed by atoms with Gasteiger partial charge in [-0.05, 0) is 74.0 Å². The molecule has 2 saturated carbocycles. The molecule has 1 N–H and O–H groups in total. The standard InChI is InChI=1S/C26H43NO2Si/c1-26(2,3)30(4,5)29-23-18-16-22(17-19-23)27-24(20-12-8-6-9-13-20)25(28)21-14-10-7-11-15-21/h16-21,24,27H,6-15H2,1-5H3/t24-/m1/s1. The average Bonchev–Trinajstić information content (AvgIpc) is 2.73. The van der Waals surface area contributed by atoms with Gasteiger partial charge < -0.3 is 9.74 Å². The predicted octanol–water partition coefficient (Wildman–Crippen LogP) is 7.58. The van der Waals surface area contributed by atoms with Crippen LogP contribution in [0.5, 0.6) is 5.75 Å². The van der Waals surface area contributed by atoms with E-state index in [0.717, 1.165) is 24.3 Å². The molecule has 0 bridgehead atoms. The van der Waals surface area contributed by atoms with Gasteiger partial charge in [0.25, 0.3) is 0 Å². The second-order valence-corrected chi connectivity index (χ2v) is 15.9. The van der Waals surface area contributed by atoms with Crippen molar-refractivity contribution in [2.45, 2.75) is 109 Å². The van der Waals surface area contributed by atoms with Crippen LogP contribution in [0.4, 0.5) is 5.69 Å². The highest BCUT2D eigenvalue weighted by Gasteiger charge is 2.39. The third kappa shape index (κ3) is 5.90. The van der Waals surface area contributed by atoms with Crippen LogP contribution in [0.1, 0.15) is 85.0 Å². The van der Waals surface area contributed by atoms with Gasteiger partial charge in [-0.1, -0.05) is 59.3 Å². The normalized spacial score (nSPS) is 20.6. The molecule has 0 saturated heterocycles. The summed E-state index contributed by atoms with van der Waals surface area (Å²) in [6.07, 6.45) is 12.1. The average molecular weight is 430 g/mol. The highest BCUT2D eigenvalue weighted by atomic mass is 28.4. The zero-order valence-corrected chi connectivity index (χ0v) is 20.9. The number of Topliss-reactive ketones (excluding diaryl/α,β-unsaturated/α-hetero) is 1.